The van der Waals surface area contributed by atoms with Gasteiger partial charge in [-0.25, -0.2) is 0 Å². The third kappa shape index (κ3) is 1.23. The molecule has 0 saturated carbocycles. The second kappa shape index (κ2) is 3.50. The Morgan fingerprint density at radius 1 is 1.44 bits per heavy atom. The zero-order valence-corrected chi connectivity index (χ0v) is 9.40. The quantitative estimate of drug-likeness (QED) is 0.705. The molecule has 82 valence electrons. The largest absolute Gasteiger partial charge is 0.362 e. The lowest BCUT2D eigenvalue weighted by Gasteiger charge is -2.38. The molecule has 1 saturated heterocycles. The Bertz CT molecular complexity index is 461. The molecule has 16 heavy (non-hydrogen) atoms. The first-order valence-electron chi connectivity index (χ1n) is 5.82. The molecule has 0 amide bonds. The molecule has 1 fully saturated rings. The summed E-state index contributed by atoms with van der Waals surface area (Å²) in [5, 5.41) is 12.6. The van der Waals surface area contributed by atoms with Crippen LogP contribution in [0.4, 0.5) is 5.69 Å². The molecule has 2 atom stereocenters. The zero-order chi connectivity index (χ0) is 11.1. The molecule has 2 heterocycles. The Kier molecular flexibility index (Phi) is 2.12. The molecular formula is C13H15N3. The number of benzene rings is 1. The fraction of sp³-hybridized carbons (Fsp3) is 0.462. The molecule has 1 aromatic carbocycles. The Morgan fingerprint density at radius 2 is 2.31 bits per heavy atom. The number of hydrogen-bond donors (Lipinski definition) is 1. The average molecular weight is 213 g/mol. The summed E-state index contributed by atoms with van der Waals surface area (Å²) in [5.74, 6) is 0. The van der Waals surface area contributed by atoms with E-state index < -0.39 is 0 Å². The summed E-state index contributed by atoms with van der Waals surface area (Å²) in [5.41, 5.74) is 3.34. The van der Waals surface area contributed by atoms with Crippen molar-refractivity contribution in [2.24, 2.45) is 0 Å². The van der Waals surface area contributed by atoms with Crippen molar-refractivity contribution < 1.29 is 0 Å². The van der Waals surface area contributed by atoms with Crippen LogP contribution in [-0.4, -0.2) is 25.2 Å². The third-order valence-electron chi connectivity index (χ3n) is 3.64. The van der Waals surface area contributed by atoms with Gasteiger partial charge in [0.1, 0.15) is 6.07 Å². The molecule has 3 rings (SSSR count). The maximum Gasteiger partial charge on any atom is 0.101 e. The predicted molar refractivity (Wildman–Crippen MR) is 63.5 cm³/mol. The number of para-hydroxylation sites is 1. The van der Waals surface area contributed by atoms with E-state index in [2.05, 4.69) is 29.3 Å². The number of nitriles is 1. The number of hydrogen-bond acceptors (Lipinski definition) is 3. The molecule has 2 aliphatic heterocycles. The summed E-state index contributed by atoms with van der Waals surface area (Å²) in [6.07, 6.45) is 1.07. The lowest BCUT2D eigenvalue weighted by molar-refractivity contribution is 0.429. The summed E-state index contributed by atoms with van der Waals surface area (Å²) in [6, 6.07) is 9.41. The van der Waals surface area contributed by atoms with E-state index in [-0.39, 0.29) is 0 Å². The fourth-order valence-corrected chi connectivity index (χ4v) is 2.99. The number of nitrogens with one attached hydrogen (secondary N) is 1. The summed E-state index contributed by atoms with van der Waals surface area (Å²) in [6.45, 7) is 4.27. The monoisotopic (exact) mass is 213 g/mol. The van der Waals surface area contributed by atoms with Gasteiger partial charge in [0, 0.05) is 25.2 Å². The van der Waals surface area contributed by atoms with Gasteiger partial charge >= 0.3 is 0 Å². The van der Waals surface area contributed by atoms with E-state index in [1.54, 1.807) is 0 Å². The van der Waals surface area contributed by atoms with Crippen molar-refractivity contribution in [2.75, 3.05) is 18.0 Å². The molecule has 2 aliphatic rings. The van der Waals surface area contributed by atoms with Crippen LogP contribution in [0.5, 0.6) is 0 Å². The van der Waals surface area contributed by atoms with Crippen molar-refractivity contribution in [3.8, 4) is 6.07 Å². The highest BCUT2D eigenvalue weighted by Crippen LogP contribution is 2.37. The van der Waals surface area contributed by atoms with Crippen molar-refractivity contribution in [3.05, 3.63) is 29.3 Å². The summed E-state index contributed by atoms with van der Waals surface area (Å²) in [4.78, 5) is 2.43. The van der Waals surface area contributed by atoms with E-state index >= 15 is 0 Å². The van der Waals surface area contributed by atoms with Crippen LogP contribution < -0.4 is 10.2 Å². The van der Waals surface area contributed by atoms with Crippen LogP contribution in [0.2, 0.25) is 0 Å². The Labute approximate surface area is 95.7 Å². The van der Waals surface area contributed by atoms with Crippen molar-refractivity contribution >= 4 is 5.69 Å². The van der Waals surface area contributed by atoms with Gasteiger partial charge in [-0.2, -0.15) is 5.26 Å². The highest BCUT2D eigenvalue weighted by atomic mass is 15.3. The van der Waals surface area contributed by atoms with Crippen molar-refractivity contribution in [1.29, 1.82) is 5.26 Å². The summed E-state index contributed by atoms with van der Waals surface area (Å²) >= 11 is 0. The third-order valence-corrected chi connectivity index (χ3v) is 3.64. The number of rotatable bonds is 0. The minimum absolute atomic E-state index is 0.481. The van der Waals surface area contributed by atoms with Crippen LogP contribution in [0.3, 0.4) is 0 Å². The van der Waals surface area contributed by atoms with E-state index in [0.29, 0.717) is 12.1 Å². The maximum atomic E-state index is 9.19. The molecule has 0 aromatic heterocycles. The van der Waals surface area contributed by atoms with Crippen LogP contribution >= 0.6 is 0 Å². The van der Waals surface area contributed by atoms with Crippen molar-refractivity contribution in [3.63, 3.8) is 0 Å². The minimum Gasteiger partial charge on any atom is -0.362 e. The second-order valence-electron chi connectivity index (χ2n) is 4.70. The van der Waals surface area contributed by atoms with E-state index in [1.807, 2.05) is 12.1 Å². The van der Waals surface area contributed by atoms with Gasteiger partial charge in [-0.15, -0.1) is 0 Å². The van der Waals surface area contributed by atoms with Crippen molar-refractivity contribution in [1.82, 2.24) is 5.32 Å². The van der Waals surface area contributed by atoms with Gasteiger partial charge in [0.25, 0.3) is 0 Å². The fourth-order valence-electron chi connectivity index (χ4n) is 2.99. The average Bonchev–Trinajstić information content (AvgIpc) is 2.68. The molecule has 0 bridgehead atoms. The molecule has 0 aliphatic carbocycles. The maximum absolute atomic E-state index is 9.19. The topological polar surface area (TPSA) is 39.1 Å². The number of fused-ring (bicyclic) bond motifs is 3. The van der Waals surface area contributed by atoms with Gasteiger partial charge in [0.05, 0.1) is 11.3 Å². The SMILES string of the molecule is C[C@@H]1CNC[C@H]2Cc3cccc(C#N)c3N21. The van der Waals surface area contributed by atoms with E-state index in [9.17, 15) is 5.26 Å². The first kappa shape index (κ1) is 9.68. The first-order chi connectivity index (χ1) is 7.81. The van der Waals surface area contributed by atoms with E-state index in [1.165, 1.54) is 11.3 Å². The number of piperazine rings is 1. The lowest BCUT2D eigenvalue weighted by Crippen LogP contribution is -2.55. The van der Waals surface area contributed by atoms with E-state index in [4.69, 9.17) is 0 Å². The smallest absolute Gasteiger partial charge is 0.101 e. The first-order valence-corrected chi connectivity index (χ1v) is 5.82. The molecular weight excluding hydrogens is 198 g/mol. The standard InChI is InChI=1S/C13H15N3/c1-9-7-15-8-12-5-10-3-2-4-11(6-14)13(10)16(9)12/h2-4,9,12,15H,5,7-8H2,1H3/t9-,12-/m1/s1. The van der Waals surface area contributed by atoms with Gasteiger partial charge in [0.2, 0.25) is 0 Å². The Morgan fingerprint density at radius 3 is 3.12 bits per heavy atom. The molecule has 1 aromatic rings. The molecule has 1 N–H and O–H groups in total. The normalized spacial score (nSPS) is 27.1. The highest BCUT2D eigenvalue weighted by molar-refractivity contribution is 5.69. The van der Waals surface area contributed by atoms with Crippen LogP contribution in [0.15, 0.2) is 18.2 Å². The molecule has 0 radical (unpaired) electrons. The summed E-state index contributed by atoms with van der Waals surface area (Å²) in [7, 11) is 0. The van der Waals surface area contributed by atoms with Crippen LogP contribution in [-0.2, 0) is 6.42 Å². The molecule has 3 heteroatoms. The molecule has 3 nitrogen and oxygen atoms in total. The number of nitrogens with zero attached hydrogens (tertiary/aromatic N) is 2. The van der Waals surface area contributed by atoms with Gasteiger partial charge in [-0.3, -0.25) is 0 Å². The Balaban J connectivity index is 2.12. The van der Waals surface area contributed by atoms with Crippen LogP contribution in [0.1, 0.15) is 18.1 Å². The molecule has 0 unspecified atom stereocenters. The Hall–Kier alpha value is -1.53. The minimum atomic E-state index is 0.481. The zero-order valence-electron chi connectivity index (χ0n) is 9.40. The van der Waals surface area contributed by atoms with Gasteiger partial charge in [-0.1, -0.05) is 12.1 Å². The molecule has 0 spiro atoms. The second-order valence-corrected chi connectivity index (χ2v) is 4.70. The highest BCUT2D eigenvalue weighted by Gasteiger charge is 2.36. The van der Waals surface area contributed by atoms with E-state index in [0.717, 1.165) is 25.1 Å². The predicted octanol–water partition coefficient (Wildman–Crippen LogP) is 1.28. The number of anilines is 1. The lowest BCUT2D eigenvalue weighted by atomic mass is 10.1. The van der Waals surface area contributed by atoms with Gasteiger partial charge in [0.15, 0.2) is 0 Å². The van der Waals surface area contributed by atoms with Gasteiger partial charge < -0.3 is 10.2 Å². The van der Waals surface area contributed by atoms with Crippen molar-refractivity contribution in [2.45, 2.75) is 25.4 Å². The summed E-state index contributed by atoms with van der Waals surface area (Å²) < 4.78 is 0. The van der Waals surface area contributed by atoms with Crippen LogP contribution in [0.25, 0.3) is 0 Å². The van der Waals surface area contributed by atoms with Gasteiger partial charge in [-0.05, 0) is 25.0 Å². The van der Waals surface area contributed by atoms with Crippen LogP contribution in [0, 0.1) is 11.3 Å².